The van der Waals surface area contributed by atoms with Gasteiger partial charge in [0.1, 0.15) is 0 Å². The Balaban J connectivity index is 0.000000165. The highest BCUT2D eigenvalue weighted by molar-refractivity contribution is 5.82. The van der Waals surface area contributed by atoms with Crippen molar-refractivity contribution in [1.82, 2.24) is 4.98 Å². The van der Waals surface area contributed by atoms with Crippen molar-refractivity contribution in [3.63, 3.8) is 0 Å². The Kier molecular flexibility index (Phi) is 2.93. The maximum Gasteiger partial charge on any atom is 0.416 e. The third-order valence-electron chi connectivity index (χ3n) is 3.08. The van der Waals surface area contributed by atoms with E-state index in [-0.39, 0.29) is 0 Å². The summed E-state index contributed by atoms with van der Waals surface area (Å²) in [6, 6.07) is 13.8. The standard InChI is InChI=1S/C10H6F3N.C6H4/c11-10(12,13)9-2-1-7-3-4-14-6-8(7)5-9;1-2-5-4-6(5)3-1/h1-6H;1-4H. The minimum absolute atomic E-state index is 0.502. The van der Waals surface area contributed by atoms with E-state index in [0.29, 0.717) is 5.39 Å². The molecular formula is C16H10F3N. The van der Waals surface area contributed by atoms with Crippen molar-refractivity contribution in [3.05, 3.63) is 66.5 Å². The van der Waals surface area contributed by atoms with Crippen molar-refractivity contribution in [1.29, 1.82) is 0 Å². The summed E-state index contributed by atoms with van der Waals surface area (Å²) in [6.07, 6.45) is -1.32. The zero-order valence-electron chi connectivity index (χ0n) is 10.4. The number of pyridine rings is 1. The lowest BCUT2D eigenvalue weighted by Gasteiger charge is -2.06. The van der Waals surface area contributed by atoms with Crippen LogP contribution in [0.15, 0.2) is 60.9 Å². The molecule has 4 rings (SSSR count). The Morgan fingerprint density at radius 3 is 2.10 bits per heavy atom. The number of halogens is 3. The van der Waals surface area contributed by atoms with Gasteiger partial charge < -0.3 is 0 Å². The van der Waals surface area contributed by atoms with Crippen LogP contribution < -0.4 is 0 Å². The fourth-order valence-electron chi connectivity index (χ4n) is 1.94. The normalized spacial score (nSPS) is 11.8. The Morgan fingerprint density at radius 2 is 1.55 bits per heavy atom. The largest absolute Gasteiger partial charge is 0.416 e. The van der Waals surface area contributed by atoms with Crippen LogP contribution in [0.4, 0.5) is 13.2 Å². The van der Waals surface area contributed by atoms with Gasteiger partial charge >= 0.3 is 6.18 Å². The fourth-order valence-corrected chi connectivity index (χ4v) is 1.94. The first-order chi connectivity index (χ1) is 9.54. The number of hydrogen-bond donors (Lipinski definition) is 0. The predicted molar refractivity (Wildman–Crippen MR) is 72.2 cm³/mol. The van der Waals surface area contributed by atoms with E-state index in [9.17, 15) is 13.2 Å². The second-order valence-corrected chi connectivity index (χ2v) is 4.52. The lowest BCUT2D eigenvalue weighted by atomic mass is 10.1. The summed E-state index contributed by atoms with van der Waals surface area (Å²) in [5, 5.41) is 1.26. The second-order valence-electron chi connectivity index (χ2n) is 4.52. The topological polar surface area (TPSA) is 12.9 Å². The molecule has 100 valence electrons. The molecule has 0 saturated heterocycles. The van der Waals surface area contributed by atoms with E-state index in [1.54, 1.807) is 12.3 Å². The molecule has 1 aromatic heterocycles. The van der Waals surface area contributed by atoms with Crippen molar-refractivity contribution in [3.8, 4) is 11.1 Å². The van der Waals surface area contributed by atoms with Crippen LogP contribution in [0.25, 0.3) is 21.9 Å². The molecule has 0 amide bonds. The highest BCUT2D eigenvalue weighted by Crippen LogP contribution is 2.32. The average Bonchev–Trinajstić information content (AvgIpc) is 3.04. The molecule has 1 heterocycles. The first kappa shape index (κ1) is 12.7. The van der Waals surface area contributed by atoms with Crippen LogP contribution in [-0.2, 0) is 6.18 Å². The number of nitrogens with zero attached hydrogens (tertiary/aromatic N) is 1. The second kappa shape index (κ2) is 4.63. The van der Waals surface area contributed by atoms with E-state index >= 15 is 0 Å². The fraction of sp³-hybridized carbons (Fsp3) is 0.0625. The summed E-state index contributed by atoms with van der Waals surface area (Å²) >= 11 is 0. The van der Waals surface area contributed by atoms with Crippen molar-refractivity contribution in [2.24, 2.45) is 0 Å². The summed E-state index contributed by atoms with van der Waals surface area (Å²) in [4.78, 5) is 3.77. The zero-order valence-corrected chi connectivity index (χ0v) is 10.4. The SMILES string of the molecule is FC(F)(F)c1ccc2ccncc2c1.c1cc2cc-2c1. The molecule has 0 radical (unpaired) electrons. The number of hydrogen-bond acceptors (Lipinski definition) is 1. The molecule has 0 atom stereocenters. The Hall–Kier alpha value is -2.36. The van der Waals surface area contributed by atoms with Gasteiger partial charge in [-0.25, -0.2) is 0 Å². The molecule has 0 aliphatic heterocycles. The highest BCUT2D eigenvalue weighted by atomic mass is 19.4. The molecule has 20 heavy (non-hydrogen) atoms. The van der Waals surface area contributed by atoms with Crippen LogP contribution in [0.1, 0.15) is 5.56 Å². The molecule has 0 unspecified atom stereocenters. The van der Waals surface area contributed by atoms with Crippen LogP contribution in [0.3, 0.4) is 0 Å². The van der Waals surface area contributed by atoms with Crippen molar-refractivity contribution < 1.29 is 13.2 Å². The van der Waals surface area contributed by atoms with Crippen LogP contribution in [-0.4, -0.2) is 4.98 Å². The Bertz CT molecular complexity index is 746. The monoisotopic (exact) mass is 273 g/mol. The van der Waals surface area contributed by atoms with Gasteiger partial charge in [0.15, 0.2) is 0 Å². The smallest absolute Gasteiger partial charge is 0.264 e. The minimum Gasteiger partial charge on any atom is -0.264 e. The molecule has 0 N–H and O–H groups in total. The minimum atomic E-state index is -4.29. The van der Waals surface area contributed by atoms with Gasteiger partial charge in [0.25, 0.3) is 0 Å². The van der Waals surface area contributed by atoms with E-state index in [1.165, 1.54) is 23.4 Å². The maximum atomic E-state index is 12.3. The molecule has 2 aliphatic rings. The van der Waals surface area contributed by atoms with E-state index in [0.717, 1.165) is 17.5 Å². The number of aromatic nitrogens is 1. The van der Waals surface area contributed by atoms with Gasteiger partial charge in [-0.2, -0.15) is 13.2 Å². The van der Waals surface area contributed by atoms with Gasteiger partial charge in [0.05, 0.1) is 5.56 Å². The summed E-state index contributed by atoms with van der Waals surface area (Å²) in [7, 11) is 0. The number of benzene rings is 2. The van der Waals surface area contributed by atoms with Crippen molar-refractivity contribution in [2.75, 3.05) is 0 Å². The lowest BCUT2D eigenvalue weighted by Crippen LogP contribution is -2.04. The molecule has 1 aromatic carbocycles. The molecule has 4 heteroatoms. The molecule has 2 aromatic rings. The van der Waals surface area contributed by atoms with Gasteiger partial charge in [0, 0.05) is 17.8 Å². The van der Waals surface area contributed by atoms with Crippen molar-refractivity contribution >= 4 is 10.8 Å². The van der Waals surface area contributed by atoms with Crippen LogP contribution in [0.5, 0.6) is 0 Å². The third kappa shape index (κ3) is 2.64. The summed E-state index contributed by atoms with van der Waals surface area (Å²) in [5.74, 6) is 0. The predicted octanol–water partition coefficient (Wildman–Crippen LogP) is 4.92. The highest BCUT2D eigenvalue weighted by Gasteiger charge is 2.30. The average molecular weight is 273 g/mol. The molecule has 2 aliphatic carbocycles. The van der Waals surface area contributed by atoms with Crippen LogP contribution >= 0.6 is 0 Å². The number of alkyl halides is 3. The van der Waals surface area contributed by atoms with Crippen molar-refractivity contribution in [2.45, 2.75) is 6.18 Å². The van der Waals surface area contributed by atoms with Gasteiger partial charge in [-0.05, 0) is 40.8 Å². The Labute approximate surface area is 113 Å². The first-order valence-electron chi connectivity index (χ1n) is 6.05. The number of fused-ring (bicyclic) bond motifs is 2. The first-order valence-corrected chi connectivity index (χ1v) is 6.05. The Morgan fingerprint density at radius 1 is 0.800 bits per heavy atom. The lowest BCUT2D eigenvalue weighted by molar-refractivity contribution is -0.137. The van der Waals surface area contributed by atoms with Gasteiger partial charge in [0.2, 0.25) is 0 Å². The van der Waals surface area contributed by atoms with Crippen LogP contribution in [0.2, 0.25) is 0 Å². The van der Waals surface area contributed by atoms with E-state index < -0.39 is 11.7 Å². The maximum absolute atomic E-state index is 12.3. The summed E-state index contributed by atoms with van der Waals surface area (Å²) in [6.45, 7) is 0. The zero-order chi connectivity index (χ0) is 14.2. The molecule has 0 saturated carbocycles. The summed E-state index contributed by atoms with van der Waals surface area (Å²) in [5.41, 5.74) is 2.21. The quantitative estimate of drug-likeness (QED) is 0.443. The van der Waals surface area contributed by atoms with E-state index in [4.69, 9.17) is 0 Å². The third-order valence-corrected chi connectivity index (χ3v) is 3.08. The van der Waals surface area contributed by atoms with E-state index in [1.807, 2.05) is 0 Å². The molecule has 1 nitrogen and oxygen atoms in total. The molecule has 0 spiro atoms. The van der Waals surface area contributed by atoms with Gasteiger partial charge in [-0.15, -0.1) is 0 Å². The van der Waals surface area contributed by atoms with E-state index in [2.05, 4.69) is 29.2 Å². The van der Waals surface area contributed by atoms with Gasteiger partial charge in [-0.3, -0.25) is 4.98 Å². The molecule has 0 bridgehead atoms. The van der Waals surface area contributed by atoms with Gasteiger partial charge in [-0.1, -0.05) is 24.3 Å². The number of rotatable bonds is 0. The molecular weight excluding hydrogens is 263 g/mol. The summed E-state index contributed by atoms with van der Waals surface area (Å²) < 4.78 is 36.9. The molecule has 0 fully saturated rings. The van der Waals surface area contributed by atoms with Crippen LogP contribution in [0, 0.1) is 0 Å².